The minimum absolute atomic E-state index is 0.191. The largest absolute Gasteiger partial charge is 0.394 e. The minimum atomic E-state index is -0.806. The predicted octanol–water partition coefficient (Wildman–Crippen LogP) is -2.56. The summed E-state index contributed by atoms with van der Waals surface area (Å²) in [7, 11) is 0. The molecule has 1 saturated heterocycles. The number of carbonyl (C=O) groups excluding carboxylic acids is 1. The lowest BCUT2D eigenvalue weighted by atomic mass is 10.2. The lowest BCUT2D eigenvalue weighted by Crippen LogP contribution is -2.35. The molecule has 0 aromatic heterocycles. The summed E-state index contributed by atoms with van der Waals surface area (Å²) in [5.74, 6) is -0.357. The quantitative estimate of drug-likeness (QED) is 0.255. The molecule has 0 saturated carbocycles. The van der Waals surface area contributed by atoms with Crippen LogP contribution >= 0.6 is 0 Å². The summed E-state index contributed by atoms with van der Waals surface area (Å²) in [5.41, 5.74) is 9.97. The van der Waals surface area contributed by atoms with Gasteiger partial charge < -0.3 is 31.7 Å². The van der Waals surface area contributed by atoms with Gasteiger partial charge in [-0.25, -0.2) is 4.79 Å². The van der Waals surface area contributed by atoms with E-state index in [9.17, 15) is 9.90 Å². The summed E-state index contributed by atoms with van der Waals surface area (Å²) in [6, 6.07) is -0.745. The topological polar surface area (TPSA) is 143 Å². The lowest BCUT2D eigenvalue weighted by Gasteiger charge is -2.11. The van der Waals surface area contributed by atoms with E-state index >= 15 is 0 Å². The molecular weight excluding hydrogens is 204 g/mol. The number of ether oxygens (including phenoxy) is 1. The smallest absolute Gasteiger partial charge is 0.346 e. The number of urea groups is 1. The van der Waals surface area contributed by atoms with Gasteiger partial charge in [0, 0.05) is 6.42 Å². The van der Waals surface area contributed by atoms with E-state index in [2.05, 4.69) is 10.3 Å². The van der Waals surface area contributed by atoms with E-state index in [0.717, 1.165) is 0 Å². The number of hydrogen-bond acceptors (Lipinski definition) is 4. The Hall–Kier alpha value is -1.38. The second kappa shape index (κ2) is 4.91. The Balaban J connectivity index is 2.42. The van der Waals surface area contributed by atoms with Gasteiger partial charge in [-0.05, 0) is 0 Å². The molecule has 0 aromatic rings. The molecular formula is C7H14N4O4. The highest BCUT2D eigenvalue weighted by Gasteiger charge is 2.34. The number of aliphatic imine (C=N–C) groups is 1. The summed E-state index contributed by atoms with van der Waals surface area (Å²) in [6.07, 6.45) is -1.99. The Labute approximate surface area is 85.9 Å². The Kier molecular flexibility index (Phi) is 3.83. The van der Waals surface area contributed by atoms with Crippen molar-refractivity contribution < 1.29 is 19.7 Å². The van der Waals surface area contributed by atoms with E-state index in [-0.39, 0.29) is 19.0 Å². The Bertz CT molecular complexity index is 266. The van der Waals surface area contributed by atoms with Gasteiger partial charge in [0.25, 0.3) is 0 Å². The fourth-order valence-electron chi connectivity index (χ4n) is 1.27. The molecule has 1 aliphatic heterocycles. The van der Waals surface area contributed by atoms with Gasteiger partial charge in [-0.15, -0.1) is 0 Å². The van der Waals surface area contributed by atoms with Crippen molar-refractivity contribution in [2.45, 2.75) is 24.9 Å². The fraction of sp³-hybridized carbons (Fsp3) is 0.714. The van der Waals surface area contributed by atoms with Gasteiger partial charge in [0.05, 0.1) is 12.7 Å². The molecule has 1 aliphatic rings. The second-order valence-electron chi connectivity index (χ2n) is 3.13. The molecule has 1 fully saturated rings. The fourth-order valence-corrected chi connectivity index (χ4v) is 1.27. The van der Waals surface area contributed by atoms with Gasteiger partial charge in [0.1, 0.15) is 12.3 Å². The van der Waals surface area contributed by atoms with Crippen LogP contribution in [0.1, 0.15) is 6.42 Å². The molecule has 8 nitrogen and oxygen atoms in total. The van der Waals surface area contributed by atoms with Gasteiger partial charge in [-0.1, -0.05) is 0 Å². The zero-order valence-electron chi connectivity index (χ0n) is 7.96. The number of nitrogens with zero attached hydrogens (tertiary/aromatic N) is 1. The molecule has 7 N–H and O–H groups in total. The zero-order chi connectivity index (χ0) is 11.4. The van der Waals surface area contributed by atoms with Crippen molar-refractivity contribution in [1.82, 2.24) is 5.32 Å². The maximum Gasteiger partial charge on any atom is 0.346 e. The number of aliphatic hydroxyl groups is 2. The zero-order valence-corrected chi connectivity index (χ0v) is 7.96. The van der Waals surface area contributed by atoms with E-state index < -0.39 is 24.5 Å². The summed E-state index contributed by atoms with van der Waals surface area (Å²) >= 11 is 0. The lowest BCUT2D eigenvalue weighted by molar-refractivity contribution is -0.0270. The molecule has 0 aromatic carbocycles. The van der Waals surface area contributed by atoms with Crippen LogP contribution in [0, 0.1) is 0 Å². The second-order valence-corrected chi connectivity index (χ2v) is 3.13. The van der Waals surface area contributed by atoms with Gasteiger partial charge in [-0.2, -0.15) is 4.99 Å². The third-order valence-electron chi connectivity index (χ3n) is 1.92. The summed E-state index contributed by atoms with van der Waals surface area (Å²) in [5, 5.41) is 20.4. The summed E-state index contributed by atoms with van der Waals surface area (Å²) in [4.78, 5) is 14.2. The molecule has 8 heteroatoms. The molecule has 0 radical (unpaired) electrons. The number of rotatable bonds is 2. The van der Waals surface area contributed by atoms with Crippen molar-refractivity contribution in [3.05, 3.63) is 0 Å². The molecule has 86 valence electrons. The van der Waals surface area contributed by atoms with Gasteiger partial charge >= 0.3 is 6.03 Å². The van der Waals surface area contributed by atoms with E-state index in [1.807, 2.05) is 0 Å². The Morgan fingerprint density at radius 3 is 2.73 bits per heavy atom. The Morgan fingerprint density at radius 2 is 2.27 bits per heavy atom. The van der Waals surface area contributed by atoms with Crippen LogP contribution in [0.5, 0.6) is 0 Å². The van der Waals surface area contributed by atoms with Crippen molar-refractivity contribution in [1.29, 1.82) is 0 Å². The molecule has 1 heterocycles. The molecule has 0 unspecified atom stereocenters. The molecule has 0 spiro atoms. The van der Waals surface area contributed by atoms with Crippen LogP contribution in [0.3, 0.4) is 0 Å². The molecule has 2 amide bonds. The third-order valence-corrected chi connectivity index (χ3v) is 1.92. The van der Waals surface area contributed by atoms with Crippen LogP contribution in [0.4, 0.5) is 4.79 Å². The number of nitrogens with two attached hydrogens (primary N) is 2. The average Bonchev–Trinajstić information content (AvgIpc) is 2.44. The first-order valence-corrected chi connectivity index (χ1v) is 4.37. The first kappa shape index (κ1) is 11.7. The van der Waals surface area contributed by atoms with Crippen LogP contribution in [0.2, 0.25) is 0 Å². The number of guanidine groups is 1. The maximum atomic E-state index is 11.0. The van der Waals surface area contributed by atoms with E-state index in [1.165, 1.54) is 0 Å². The van der Waals surface area contributed by atoms with Crippen molar-refractivity contribution in [3.8, 4) is 0 Å². The highest BCUT2D eigenvalue weighted by atomic mass is 16.5. The van der Waals surface area contributed by atoms with Crippen LogP contribution in [0.25, 0.3) is 0 Å². The van der Waals surface area contributed by atoms with E-state index in [0.29, 0.717) is 0 Å². The number of nitrogens with one attached hydrogen (secondary N) is 1. The third kappa shape index (κ3) is 3.35. The van der Waals surface area contributed by atoms with Crippen molar-refractivity contribution in [2.24, 2.45) is 16.5 Å². The standard InChI is InChI=1S/C7H14N4O4/c8-6(9)11-7(14)10-5-1-3(13)4(2-12)15-5/h3-5,12-13H,1-2H2,(H5,8,9,10,11,14)/t3-,4-,5-/m1/s1. The van der Waals surface area contributed by atoms with Crippen LogP contribution in [-0.2, 0) is 4.74 Å². The Morgan fingerprint density at radius 1 is 1.60 bits per heavy atom. The number of carbonyl (C=O) groups is 1. The van der Waals surface area contributed by atoms with Crippen LogP contribution in [0.15, 0.2) is 4.99 Å². The summed E-state index contributed by atoms with van der Waals surface area (Å²) in [6.45, 7) is -0.310. The number of aliphatic hydroxyl groups excluding tert-OH is 2. The number of hydrogen-bond donors (Lipinski definition) is 5. The molecule has 0 bridgehead atoms. The maximum absolute atomic E-state index is 11.0. The highest BCUT2D eigenvalue weighted by Crippen LogP contribution is 2.18. The summed E-state index contributed by atoms with van der Waals surface area (Å²) < 4.78 is 5.09. The van der Waals surface area contributed by atoms with Crippen molar-refractivity contribution in [3.63, 3.8) is 0 Å². The molecule has 0 aliphatic carbocycles. The average molecular weight is 218 g/mol. The monoisotopic (exact) mass is 218 g/mol. The first-order valence-electron chi connectivity index (χ1n) is 4.37. The van der Waals surface area contributed by atoms with E-state index in [1.54, 1.807) is 0 Å². The van der Waals surface area contributed by atoms with Gasteiger partial charge in [-0.3, -0.25) is 0 Å². The molecule has 15 heavy (non-hydrogen) atoms. The van der Waals surface area contributed by atoms with Gasteiger partial charge in [0.2, 0.25) is 0 Å². The van der Waals surface area contributed by atoms with Crippen molar-refractivity contribution in [2.75, 3.05) is 6.61 Å². The van der Waals surface area contributed by atoms with Crippen molar-refractivity contribution >= 4 is 12.0 Å². The minimum Gasteiger partial charge on any atom is -0.394 e. The number of amides is 2. The SMILES string of the molecule is NC(N)=NC(=O)N[C@H]1C[C@@H](O)[C@@H](CO)O1. The normalized spacial score (nSPS) is 29.9. The molecule has 3 atom stereocenters. The van der Waals surface area contributed by atoms with E-state index in [4.69, 9.17) is 21.3 Å². The van der Waals surface area contributed by atoms with Crippen LogP contribution < -0.4 is 16.8 Å². The molecule has 1 rings (SSSR count). The van der Waals surface area contributed by atoms with Crippen LogP contribution in [-0.4, -0.2) is 47.2 Å². The highest BCUT2D eigenvalue weighted by molar-refractivity contribution is 5.90. The predicted molar refractivity (Wildman–Crippen MR) is 50.7 cm³/mol. The first-order chi connectivity index (χ1) is 7.02. The van der Waals surface area contributed by atoms with Gasteiger partial charge in [0.15, 0.2) is 5.96 Å².